The lowest BCUT2D eigenvalue weighted by Crippen LogP contribution is -2.32. The van der Waals surface area contributed by atoms with E-state index in [1.165, 1.54) is 19.1 Å². The largest absolute Gasteiger partial charge is 0.489 e. The number of sulfone groups is 1. The summed E-state index contributed by atoms with van der Waals surface area (Å²) in [5, 5.41) is 3.46. The molecule has 0 aromatic heterocycles. The van der Waals surface area contributed by atoms with Gasteiger partial charge in [0.25, 0.3) is 0 Å². The van der Waals surface area contributed by atoms with Crippen LogP contribution < -0.4 is 10.1 Å². The molecule has 2 rings (SSSR count). The molecule has 1 N–H and O–H groups in total. The summed E-state index contributed by atoms with van der Waals surface area (Å²) in [4.78, 5) is 0.306. The van der Waals surface area contributed by atoms with Crippen molar-refractivity contribution in [3.05, 3.63) is 24.3 Å². The predicted molar refractivity (Wildman–Crippen MR) is 79.9 cm³/mol. The van der Waals surface area contributed by atoms with Crippen LogP contribution in [0, 0.1) is 0 Å². The minimum absolute atomic E-state index is 0.0930. The van der Waals surface area contributed by atoms with E-state index in [1.54, 1.807) is 18.2 Å². The molecule has 1 saturated carbocycles. The second-order valence-electron chi connectivity index (χ2n) is 5.46. The molecule has 112 valence electrons. The van der Waals surface area contributed by atoms with E-state index in [4.69, 9.17) is 4.74 Å². The van der Waals surface area contributed by atoms with Crippen LogP contribution in [0.1, 0.15) is 32.6 Å². The highest BCUT2D eigenvalue weighted by Gasteiger charge is 2.22. The third kappa shape index (κ3) is 4.80. The quantitative estimate of drug-likeness (QED) is 0.800. The van der Waals surface area contributed by atoms with Crippen LogP contribution in [0.5, 0.6) is 5.75 Å². The van der Waals surface area contributed by atoms with Gasteiger partial charge in [0.05, 0.1) is 4.90 Å². The maximum Gasteiger partial charge on any atom is 0.175 e. The second-order valence-corrected chi connectivity index (χ2v) is 7.47. The number of hydrogen-bond donors (Lipinski definition) is 1. The minimum atomic E-state index is -3.18. The van der Waals surface area contributed by atoms with Gasteiger partial charge in [-0.3, -0.25) is 0 Å². The lowest BCUT2D eigenvalue weighted by molar-refractivity contribution is 0.185. The maximum atomic E-state index is 11.6. The summed E-state index contributed by atoms with van der Waals surface area (Å²) >= 11 is 0. The molecule has 0 radical (unpaired) electrons. The maximum absolute atomic E-state index is 11.6. The summed E-state index contributed by atoms with van der Waals surface area (Å²) in [5.74, 6) is 0.629. The Morgan fingerprint density at radius 3 is 2.75 bits per heavy atom. The third-order valence-corrected chi connectivity index (χ3v) is 4.47. The van der Waals surface area contributed by atoms with Crippen molar-refractivity contribution in [2.75, 3.05) is 12.8 Å². The minimum Gasteiger partial charge on any atom is -0.489 e. The number of nitrogens with one attached hydrogen (secondary N) is 1. The standard InChI is InChI=1S/C15H23NO3S/c1-3-5-14(11-16-12-8-9-12)19-13-6-4-7-15(10-13)20(2,17)18/h4,6-7,10,12,14,16H,3,5,8-9,11H2,1-2H3. The first-order valence-corrected chi connectivity index (χ1v) is 9.08. The first-order chi connectivity index (χ1) is 9.49. The van der Waals surface area contributed by atoms with Crippen LogP contribution in [0.25, 0.3) is 0 Å². The van der Waals surface area contributed by atoms with E-state index in [1.807, 2.05) is 6.07 Å². The molecule has 1 aromatic carbocycles. The molecule has 0 heterocycles. The molecule has 1 aliphatic rings. The Hall–Kier alpha value is -1.07. The highest BCUT2D eigenvalue weighted by molar-refractivity contribution is 7.90. The highest BCUT2D eigenvalue weighted by atomic mass is 32.2. The molecular formula is C15H23NO3S. The van der Waals surface area contributed by atoms with Gasteiger partial charge >= 0.3 is 0 Å². The summed E-state index contributed by atoms with van der Waals surface area (Å²) in [7, 11) is -3.18. The molecule has 1 atom stereocenters. The van der Waals surface area contributed by atoms with Gasteiger partial charge in [-0.2, -0.15) is 0 Å². The van der Waals surface area contributed by atoms with Crippen molar-refractivity contribution in [1.29, 1.82) is 0 Å². The van der Waals surface area contributed by atoms with Crippen molar-refractivity contribution in [2.45, 2.75) is 49.6 Å². The predicted octanol–water partition coefficient (Wildman–Crippen LogP) is 2.39. The van der Waals surface area contributed by atoms with Gasteiger partial charge < -0.3 is 10.1 Å². The molecule has 0 aliphatic heterocycles. The van der Waals surface area contributed by atoms with E-state index >= 15 is 0 Å². The molecule has 1 unspecified atom stereocenters. The van der Waals surface area contributed by atoms with E-state index in [2.05, 4.69) is 12.2 Å². The fraction of sp³-hybridized carbons (Fsp3) is 0.600. The smallest absolute Gasteiger partial charge is 0.175 e. The average Bonchev–Trinajstić information content (AvgIpc) is 3.20. The van der Waals surface area contributed by atoms with Crippen LogP contribution in [-0.2, 0) is 9.84 Å². The molecule has 20 heavy (non-hydrogen) atoms. The normalized spacial score (nSPS) is 16.9. The van der Waals surface area contributed by atoms with Gasteiger partial charge in [0.1, 0.15) is 11.9 Å². The van der Waals surface area contributed by atoms with Crippen molar-refractivity contribution in [2.24, 2.45) is 0 Å². The lowest BCUT2D eigenvalue weighted by Gasteiger charge is -2.19. The topological polar surface area (TPSA) is 55.4 Å². The summed E-state index contributed by atoms with van der Waals surface area (Å²) in [5.41, 5.74) is 0. The SMILES string of the molecule is CCCC(CNC1CC1)Oc1cccc(S(C)(=O)=O)c1. The van der Waals surface area contributed by atoms with Gasteiger partial charge in [-0.05, 0) is 37.5 Å². The second kappa shape index (κ2) is 6.59. The Balaban J connectivity index is 2.01. The zero-order chi connectivity index (χ0) is 14.6. The lowest BCUT2D eigenvalue weighted by atomic mass is 10.2. The number of rotatable bonds is 8. The van der Waals surface area contributed by atoms with Crippen LogP contribution >= 0.6 is 0 Å². The van der Waals surface area contributed by atoms with Gasteiger partial charge in [0, 0.05) is 18.8 Å². The van der Waals surface area contributed by atoms with Crippen molar-refractivity contribution in [1.82, 2.24) is 5.32 Å². The van der Waals surface area contributed by atoms with Crippen LogP contribution in [0.3, 0.4) is 0 Å². The molecule has 1 aliphatic carbocycles. The van der Waals surface area contributed by atoms with E-state index in [0.29, 0.717) is 16.7 Å². The fourth-order valence-electron chi connectivity index (χ4n) is 2.08. The first kappa shape index (κ1) is 15.3. The monoisotopic (exact) mass is 297 g/mol. The van der Waals surface area contributed by atoms with Gasteiger partial charge in [0.2, 0.25) is 0 Å². The van der Waals surface area contributed by atoms with Crippen LogP contribution in [0.2, 0.25) is 0 Å². The average molecular weight is 297 g/mol. The van der Waals surface area contributed by atoms with E-state index in [9.17, 15) is 8.42 Å². The number of benzene rings is 1. The van der Waals surface area contributed by atoms with Gasteiger partial charge in [-0.25, -0.2) is 8.42 Å². The molecule has 5 heteroatoms. The summed E-state index contributed by atoms with van der Waals surface area (Å²) in [6.07, 6.45) is 5.82. The molecule has 1 fully saturated rings. The molecule has 0 saturated heterocycles. The van der Waals surface area contributed by atoms with E-state index < -0.39 is 9.84 Å². The fourth-order valence-corrected chi connectivity index (χ4v) is 2.74. The van der Waals surface area contributed by atoms with E-state index in [-0.39, 0.29) is 6.10 Å². The van der Waals surface area contributed by atoms with Crippen molar-refractivity contribution in [3.8, 4) is 5.75 Å². The Labute approximate surface area is 121 Å². The highest BCUT2D eigenvalue weighted by Crippen LogP contribution is 2.21. The van der Waals surface area contributed by atoms with Crippen LogP contribution in [0.4, 0.5) is 0 Å². The summed E-state index contributed by atoms with van der Waals surface area (Å²) in [6, 6.07) is 7.40. The van der Waals surface area contributed by atoms with Crippen molar-refractivity contribution < 1.29 is 13.2 Å². The molecule has 0 amide bonds. The summed E-state index contributed by atoms with van der Waals surface area (Å²) < 4.78 is 29.0. The molecule has 4 nitrogen and oxygen atoms in total. The van der Waals surface area contributed by atoms with Gasteiger partial charge in [-0.15, -0.1) is 0 Å². The van der Waals surface area contributed by atoms with Gasteiger partial charge in [0.15, 0.2) is 9.84 Å². The third-order valence-electron chi connectivity index (χ3n) is 3.36. The zero-order valence-electron chi connectivity index (χ0n) is 12.1. The molecule has 0 spiro atoms. The van der Waals surface area contributed by atoms with Crippen LogP contribution in [-0.4, -0.2) is 33.4 Å². The Bertz CT molecular complexity index is 538. The Morgan fingerprint density at radius 2 is 2.15 bits per heavy atom. The van der Waals surface area contributed by atoms with Gasteiger partial charge in [-0.1, -0.05) is 19.4 Å². The van der Waals surface area contributed by atoms with Crippen LogP contribution in [0.15, 0.2) is 29.2 Å². The number of hydrogen-bond acceptors (Lipinski definition) is 4. The molecule has 0 bridgehead atoms. The first-order valence-electron chi connectivity index (χ1n) is 7.19. The van der Waals surface area contributed by atoms with Crippen molar-refractivity contribution in [3.63, 3.8) is 0 Å². The molecule has 1 aromatic rings. The summed E-state index contributed by atoms with van der Waals surface area (Å²) in [6.45, 7) is 2.95. The van der Waals surface area contributed by atoms with Crippen molar-refractivity contribution >= 4 is 9.84 Å². The molecular weight excluding hydrogens is 274 g/mol. The van der Waals surface area contributed by atoms with E-state index in [0.717, 1.165) is 19.4 Å². The zero-order valence-corrected chi connectivity index (χ0v) is 12.9. The number of ether oxygens (including phenoxy) is 1. The Kier molecular flexibility index (Phi) is 5.05. The Morgan fingerprint density at radius 1 is 1.40 bits per heavy atom.